The first-order chi connectivity index (χ1) is 16.1. The van der Waals surface area contributed by atoms with Gasteiger partial charge in [-0.05, 0) is 73.5 Å². The number of hydrogen-bond donors (Lipinski definition) is 2. The van der Waals surface area contributed by atoms with E-state index in [4.69, 9.17) is 34.8 Å². The van der Waals surface area contributed by atoms with Crippen molar-refractivity contribution in [3.8, 4) is 0 Å². The molecule has 0 saturated carbocycles. The van der Waals surface area contributed by atoms with Crippen LogP contribution in [0.5, 0.6) is 0 Å². The molecule has 0 saturated heterocycles. The topological polar surface area (TPSA) is 78.5 Å². The molecule has 1 aliphatic rings. The standard InChI is InChI=1S/C25H18Cl3N3O3/c1-13-6-14(2)8-20(7-13)31-24(33)21(28)22(25(31)34)29-18-5-3-4-15(9-18)23(32)30-19-11-16(26)10-17(27)12-19/h3-12,29H,1-2H3,(H,30,32). The van der Waals surface area contributed by atoms with Crippen molar-refractivity contribution in [2.45, 2.75) is 13.8 Å². The number of rotatable bonds is 5. The third-order valence-electron chi connectivity index (χ3n) is 5.01. The van der Waals surface area contributed by atoms with Crippen molar-refractivity contribution in [3.05, 3.63) is 98.1 Å². The number of carbonyl (C=O) groups excluding carboxylic acids is 3. The van der Waals surface area contributed by atoms with E-state index in [0.717, 1.165) is 16.0 Å². The Hall–Kier alpha value is -3.32. The van der Waals surface area contributed by atoms with Gasteiger partial charge in [0.1, 0.15) is 10.7 Å². The molecule has 6 nitrogen and oxygen atoms in total. The van der Waals surface area contributed by atoms with Crippen LogP contribution in [0.15, 0.2) is 71.4 Å². The Balaban J connectivity index is 1.56. The fourth-order valence-corrected chi connectivity index (χ4v) is 4.38. The van der Waals surface area contributed by atoms with Crippen LogP contribution in [0.1, 0.15) is 21.5 Å². The molecular weight excluding hydrogens is 497 g/mol. The highest BCUT2D eigenvalue weighted by molar-refractivity contribution is 6.53. The van der Waals surface area contributed by atoms with Crippen molar-refractivity contribution in [1.82, 2.24) is 0 Å². The quantitative estimate of drug-likeness (QED) is 0.392. The van der Waals surface area contributed by atoms with Crippen molar-refractivity contribution in [2.24, 2.45) is 0 Å². The number of halogens is 3. The van der Waals surface area contributed by atoms with Gasteiger partial charge in [-0.2, -0.15) is 0 Å². The van der Waals surface area contributed by atoms with E-state index in [2.05, 4.69) is 10.6 Å². The highest BCUT2D eigenvalue weighted by Crippen LogP contribution is 2.31. The second-order valence-corrected chi connectivity index (χ2v) is 9.05. The summed E-state index contributed by atoms with van der Waals surface area (Å²) in [6, 6.07) is 16.6. The third-order valence-corrected chi connectivity index (χ3v) is 5.79. The van der Waals surface area contributed by atoms with Crippen molar-refractivity contribution in [1.29, 1.82) is 0 Å². The number of hydrogen-bond acceptors (Lipinski definition) is 4. The van der Waals surface area contributed by atoms with Crippen LogP contribution in [-0.2, 0) is 9.59 Å². The number of benzene rings is 3. The summed E-state index contributed by atoms with van der Waals surface area (Å²) in [6.07, 6.45) is 0. The van der Waals surface area contributed by atoms with Crippen molar-refractivity contribution in [2.75, 3.05) is 15.5 Å². The van der Waals surface area contributed by atoms with Crippen LogP contribution in [0.25, 0.3) is 0 Å². The van der Waals surface area contributed by atoms with Gasteiger partial charge in [0.2, 0.25) is 0 Å². The summed E-state index contributed by atoms with van der Waals surface area (Å²) >= 11 is 18.2. The molecule has 0 bridgehead atoms. The zero-order valence-corrected chi connectivity index (χ0v) is 20.3. The smallest absolute Gasteiger partial charge is 0.283 e. The summed E-state index contributed by atoms with van der Waals surface area (Å²) < 4.78 is 0. The highest BCUT2D eigenvalue weighted by Gasteiger charge is 2.39. The highest BCUT2D eigenvalue weighted by atomic mass is 35.5. The Bertz CT molecular complexity index is 1340. The van der Waals surface area contributed by atoms with E-state index in [1.807, 2.05) is 19.9 Å². The normalized spacial score (nSPS) is 13.5. The molecule has 0 fully saturated rings. The Morgan fingerprint density at radius 3 is 2.09 bits per heavy atom. The largest absolute Gasteiger partial charge is 0.350 e. The lowest BCUT2D eigenvalue weighted by molar-refractivity contribution is -0.120. The second kappa shape index (κ2) is 9.50. The number of nitrogens with zero attached hydrogens (tertiary/aromatic N) is 1. The molecule has 3 aromatic rings. The van der Waals surface area contributed by atoms with Crippen LogP contribution in [0, 0.1) is 13.8 Å². The molecule has 3 amide bonds. The number of carbonyl (C=O) groups is 3. The van der Waals surface area contributed by atoms with Gasteiger partial charge in [-0.3, -0.25) is 14.4 Å². The minimum atomic E-state index is -0.620. The number of aryl methyl sites for hydroxylation is 2. The van der Waals surface area contributed by atoms with E-state index in [1.54, 1.807) is 48.5 Å². The average Bonchev–Trinajstić information content (AvgIpc) is 2.95. The van der Waals surface area contributed by atoms with Crippen LogP contribution >= 0.6 is 34.8 Å². The van der Waals surface area contributed by atoms with Crippen molar-refractivity contribution in [3.63, 3.8) is 0 Å². The van der Waals surface area contributed by atoms with E-state index in [1.165, 1.54) is 6.07 Å². The Morgan fingerprint density at radius 2 is 1.44 bits per heavy atom. The first-order valence-corrected chi connectivity index (χ1v) is 11.3. The molecule has 1 heterocycles. The maximum absolute atomic E-state index is 13.1. The number of anilines is 3. The average molecular weight is 515 g/mol. The van der Waals surface area contributed by atoms with Gasteiger partial charge < -0.3 is 10.6 Å². The SMILES string of the molecule is Cc1cc(C)cc(N2C(=O)C(Cl)=C(Nc3cccc(C(=O)Nc4cc(Cl)cc(Cl)c4)c3)C2=O)c1. The van der Waals surface area contributed by atoms with E-state index < -0.39 is 17.7 Å². The van der Waals surface area contributed by atoms with Gasteiger partial charge in [0.25, 0.3) is 17.7 Å². The fraction of sp³-hybridized carbons (Fsp3) is 0.0800. The van der Waals surface area contributed by atoms with Gasteiger partial charge >= 0.3 is 0 Å². The second-order valence-electron chi connectivity index (χ2n) is 7.80. The van der Waals surface area contributed by atoms with Crippen molar-refractivity contribution >= 4 is 69.6 Å². The first kappa shape index (κ1) is 23.8. The molecular formula is C25H18Cl3N3O3. The Morgan fingerprint density at radius 1 is 0.794 bits per heavy atom. The van der Waals surface area contributed by atoms with E-state index in [-0.39, 0.29) is 10.7 Å². The molecule has 0 atom stereocenters. The third kappa shape index (κ3) is 4.94. The van der Waals surface area contributed by atoms with Crippen LogP contribution < -0.4 is 15.5 Å². The molecule has 0 spiro atoms. The molecule has 0 radical (unpaired) electrons. The van der Waals surface area contributed by atoms with Gasteiger partial charge in [0.15, 0.2) is 0 Å². The lowest BCUT2D eigenvalue weighted by atomic mass is 10.1. The number of imide groups is 1. The van der Waals surface area contributed by atoms with Gasteiger partial charge in [-0.25, -0.2) is 4.90 Å². The lowest BCUT2D eigenvalue weighted by Gasteiger charge is -2.16. The first-order valence-electron chi connectivity index (χ1n) is 10.1. The maximum Gasteiger partial charge on any atom is 0.283 e. The molecule has 34 heavy (non-hydrogen) atoms. The van der Waals surface area contributed by atoms with Gasteiger partial charge in [0.05, 0.1) is 5.69 Å². The molecule has 3 aromatic carbocycles. The zero-order valence-electron chi connectivity index (χ0n) is 18.1. The molecule has 0 aliphatic carbocycles. The minimum Gasteiger partial charge on any atom is -0.350 e. The number of nitrogens with one attached hydrogen (secondary N) is 2. The fourth-order valence-electron chi connectivity index (χ4n) is 3.64. The molecule has 4 rings (SSSR count). The van der Waals surface area contributed by atoms with Crippen LogP contribution in [0.2, 0.25) is 10.0 Å². The maximum atomic E-state index is 13.1. The lowest BCUT2D eigenvalue weighted by Crippen LogP contribution is -2.32. The predicted octanol–water partition coefficient (Wildman–Crippen LogP) is 6.30. The summed E-state index contributed by atoms with van der Waals surface area (Å²) in [5, 5.41) is 6.16. The molecule has 9 heteroatoms. The van der Waals surface area contributed by atoms with Crippen LogP contribution in [0.4, 0.5) is 17.1 Å². The summed E-state index contributed by atoms with van der Waals surface area (Å²) in [4.78, 5) is 39.6. The summed E-state index contributed by atoms with van der Waals surface area (Å²) in [7, 11) is 0. The summed E-state index contributed by atoms with van der Waals surface area (Å²) in [6.45, 7) is 3.76. The minimum absolute atomic E-state index is 0.0648. The summed E-state index contributed by atoms with van der Waals surface area (Å²) in [5.74, 6) is -1.61. The van der Waals surface area contributed by atoms with Gasteiger partial charge in [-0.1, -0.05) is 46.9 Å². The molecule has 0 unspecified atom stereocenters. The van der Waals surface area contributed by atoms with Gasteiger partial charge in [0, 0.05) is 27.0 Å². The number of amides is 3. The Labute approximate surface area is 211 Å². The monoisotopic (exact) mass is 513 g/mol. The molecule has 172 valence electrons. The van der Waals surface area contributed by atoms with E-state index in [0.29, 0.717) is 32.7 Å². The van der Waals surface area contributed by atoms with Crippen LogP contribution in [-0.4, -0.2) is 17.7 Å². The zero-order chi connectivity index (χ0) is 24.6. The van der Waals surface area contributed by atoms with Crippen molar-refractivity contribution < 1.29 is 14.4 Å². The van der Waals surface area contributed by atoms with Gasteiger partial charge in [-0.15, -0.1) is 0 Å². The predicted molar refractivity (Wildman–Crippen MR) is 136 cm³/mol. The van der Waals surface area contributed by atoms with Crippen LogP contribution in [0.3, 0.4) is 0 Å². The van der Waals surface area contributed by atoms with E-state index >= 15 is 0 Å². The molecule has 1 aliphatic heterocycles. The summed E-state index contributed by atoms with van der Waals surface area (Å²) in [5.41, 5.74) is 3.35. The van der Waals surface area contributed by atoms with E-state index in [9.17, 15) is 14.4 Å². The molecule has 2 N–H and O–H groups in total. The Kier molecular flexibility index (Phi) is 6.66. The molecule has 0 aromatic heterocycles.